The van der Waals surface area contributed by atoms with Crippen molar-refractivity contribution in [2.75, 3.05) is 33.9 Å². The predicted octanol–water partition coefficient (Wildman–Crippen LogP) is 2.50. The maximum atomic E-state index is 12.7. The Morgan fingerprint density at radius 2 is 1.95 bits per heavy atom. The van der Waals surface area contributed by atoms with Gasteiger partial charge in [0.05, 0.1) is 13.7 Å². The molecule has 0 radical (unpaired) electrons. The summed E-state index contributed by atoms with van der Waals surface area (Å²) >= 11 is 3.30. The molecule has 0 N–H and O–H groups in total. The van der Waals surface area contributed by atoms with Crippen LogP contribution in [0.15, 0.2) is 27.6 Å². The average molecular weight is 366 g/mol. The van der Waals surface area contributed by atoms with Crippen molar-refractivity contribution in [3.8, 4) is 5.75 Å². The summed E-state index contributed by atoms with van der Waals surface area (Å²) in [4.78, 5) is 0.166. The molecule has 114 valence electrons. The van der Waals surface area contributed by atoms with Crippen LogP contribution in [0.25, 0.3) is 0 Å². The Bertz CT molecular complexity index is 533. The van der Waals surface area contributed by atoms with Crippen molar-refractivity contribution in [2.24, 2.45) is 0 Å². The van der Waals surface area contributed by atoms with E-state index in [0.29, 0.717) is 29.9 Å². The van der Waals surface area contributed by atoms with Crippen LogP contribution in [0.1, 0.15) is 13.3 Å². The third-order valence-corrected chi connectivity index (χ3v) is 5.17. The summed E-state index contributed by atoms with van der Waals surface area (Å²) in [5.41, 5.74) is 0. The van der Waals surface area contributed by atoms with Crippen molar-refractivity contribution in [2.45, 2.75) is 18.2 Å². The monoisotopic (exact) mass is 365 g/mol. The zero-order valence-electron chi connectivity index (χ0n) is 11.9. The van der Waals surface area contributed by atoms with E-state index in [1.165, 1.54) is 11.4 Å². The molecular weight excluding hydrogens is 346 g/mol. The largest absolute Gasteiger partial charge is 0.495 e. The van der Waals surface area contributed by atoms with Crippen LogP contribution in [0.3, 0.4) is 0 Å². The number of ether oxygens (including phenoxy) is 2. The Morgan fingerprint density at radius 3 is 2.50 bits per heavy atom. The molecule has 0 spiro atoms. The van der Waals surface area contributed by atoms with Crippen LogP contribution >= 0.6 is 15.9 Å². The second kappa shape index (κ2) is 7.97. The molecule has 0 aliphatic carbocycles. The van der Waals surface area contributed by atoms with Crippen LogP contribution < -0.4 is 4.74 Å². The number of benzene rings is 1. The molecule has 0 amide bonds. The fourth-order valence-corrected chi connectivity index (χ4v) is 4.00. The Kier molecular flexibility index (Phi) is 6.94. The van der Waals surface area contributed by atoms with E-state index in [4.69, 9.17) is 9.47 Å². The van der Waals surface area contributed by atoms with Crippen molar-refractivity contribution in [1.29, 1.82) is 0 Å². The molecule has 20 heavy (non-hydrogen) atoms. The fraction of sp³-hybridized carbons (Fsp3) is 0.538. The van der Waals surface area contributed by atoms with Crippen molar-refractivity contribution in [3.63, 3.8) is 0 Å². The molecule has 0 fully saturated rings. The number of hydrogen-bond acceptors (Lipinski definition) is 4. The summed E-state index contributed by atoms with van der Waals surface area (Å²) in [5, 5.41) is 0. The first kappa shape index (κ1) is 17.4. The molecule has 1 rings (SSSR count). The van der Waals surface area contributed by atoms with Gasteiger partial charge in [-0.2, -0.15) is 4.31 Å². The topological polar surface area (TPSA) is 55.8 Å². The molecule has 5 nitrogen and oxygen atoms in total. The van der Waals surface area contributed by atoms with E-state index in [2.05, 4.69) is 15.9 Å². The van der Waals surface area contributed by atoms with Gasteiger partial charge in [-0.05, 0) is 24.6 Å². The summed E-state index contributed by atoms with van der Waals surface area (Å²) in [6, 6.07) is 4.94. The van der Waals surface area contributed by atoms with E-state index >= 15 is 0 Å². The molecule has 0 saturated heterocycles. The summed E-state index contributed by atoms with van der Waals surface area (Å²) in [6.07, 6.45) is 0.735. The highest BCUT2D eigenvalue weighted by Crippen LogP contribution is 2.29. The van der Waals surface area contributed by atoms with E-state index in [1.807, 2.05) is 6.92 Å². The second-order valence-corrected chi connectivity index (χ2v) is 7.01. The van der Waals surface area contributed by atoms with Crippen LogP contribution in [-0.4, -0.2) is 46.6 Å². The summed E-state index contributed by atoms with van der Waals surface area (Å²) in [7, 11) is -0.590. The van der Waals surface area contributed by atoms with Crippen LogP contribution in [0, 0.1) is 0 Å². The number of hydrogen-bond donors (Lipinski definition) is 0. The minimum Gasteiger partial charge on any atom is -0.495 e. The van der Waals surface area contributed by atoms with Gasteiger partial charge in [0.2, 0.25) is 10.0 Å². The lowest BCUT2D eigenvalue weighted by atomic mass is 10.3. The van der Waals surface area contributed by atoms with Gasteiger partial charge in [-0.15, -0.1) is 0 Å². The molecule has 0 unspecified atom stereocenters. The molecule has 0 atom stereocenters. The number of sulfonamides is 1. The van der Waals surface area contributed by atoms with Gasteiger partial charge in [-0.1, -0.05) is 22.9 Å². The molecule has 7 heteroatoms. The first-order valence-electron chi connectivity index (χ1n) is 6.30. The van der Waals surface area contributed by atoms with Gasteiger partial charge in [-0.25, -0.2) is 8.42 Å². The van der Waals surface area contributed by atoms with Crippen molar-refractivity contribution < 1.29 is 17.9 Å². The van der Waals surface area contributed by atoms with Crippen LogP contribution in [-0.2, 0) is 14.8 Å². The number of nitrogens with zero attached hydrogens (tertiary/aromatic N) is 1. The normalized spacial score (nSPS) is 11.8. The van der Waals surface area contributed by atoms with Gasteiger partial charge < -0.3 is 9.47 Å². The Balaban J connectivity index is 3.21. The molecule has 0 aliphatic rings. The summed E-state index contributed by atoms with van der Waals surface area (Å²) in [6.45, 7) is 3.06. The van der Waals surface area contributed by atoms with Crippen molar-refractivity contribution in [1.82, 2.24) is 4.31 Å². The third-order valence-electron chi connectivity index (χ3n) is 2.76. The van der Waals surface area contributed by atoms with Crippen LogP contribution in [0.2, 0.25) is 0 Å². The summed E-state index contributed by atoms with van der Waals surface area (Å²) in [5.74, 6) is 0.340. The van der Waals surface area contributed by atoms with E-state index in [0.717, 1.165) is 6.42 Å². The van der Waals surface area contributed by atoms with Crippen molar-refractivity contribution >= 4 is 26.0 Å². The first-order valence-corrected chi connectivity index (χ1v) is 8.53. The molecule has 0 bridgehead atoms. The molecule has 1 aromatic rings. The van der Waals surface area contributed by atoms with Crippen molar-refractivity contribution in [3.05, 3.63) is 22.7 Å². The minimum absolute atomic E-state index is 0.166. The highest BCUT2D eigenvalue weighted by Gasteiger charge is 2.27. The number of halogens is 1. The maximum Gasteiger partial charge on any atom is 0.246 e. The fourth-order valence-electron chi connectivity index (χ4n) is 1.79. The number of methoxy groups -OCH3 is 2. The Hall–Kier alpha value is -0.630. The highest BCUT2D eigenvalue weighted by atomic mass is 79.9. The molecule has 0 heterocycles. The van der Waals surface area contributed by atoms with Gasteiger partial charge in [0.15, 0.2) is 0 Å². The van der Waals surface area contributed by atoms with Gasteiger partial charge in [0.1, 0.15) is 10.6 Å². The van der Waals surface area contributed by atoms with Gasteiger partial charge in [0.25, 0.3) is 0 Å². The predicted molar refractivity (Wildman–Crippen MR) is 81.6 cm³/mol. The van der Waals surface area contributed by atoms with Gasteiger partial charge >= 0.3 is 0 Å². The highest BCUT2D eigenvalue weighted by molar-refractivity contribution is 9.10. The Morgan fingerprint density at radius 1 is 1.25 bits per heavy atom. The first-order chi connectivity index (χ1) is 9.47. The average Bonchev–Trinajstić information content (AvgIpc) is 2.43. The quantitative estimate of drug-likeness (QED) is 0.710. The standard InChI is InChI=1S/C13H20BrNO4S/c1-4-7-15(8-9-18-2)20(16,17)13-10-11(14)5-6-12(13)19-3/h5-6,10H,4,7-9H2,1-3H3. The van der Waals surface area contributed by atoms with E-state index in [1.54, 1.807) is 25.3 Å². The van der Waals surface area contributed by atoms with Crippen LogP contribution in [0.4, 0.5) is 0 Å². The minimum atomic E-state index is -3.60. The maximum absolute atomic E-state index is 12.7. The SMILES string of the molecule is CCCN(CCOC)S(=O)(=O)c1cc(Br)ccc1OC. The van der Waals surface area contributed by atoms with E-state index < -0.39 is 10.0 Å². The lowest BCUT2D eigenvalue weighted by molar-refractivity contribution is 0.179. The zero-order chi connectivity index (χ0) is 15.2. The molecule has 1 aromatic carbocycles. The molecular formula is C13H20BrNO4S. The van der Waals surface area contributed by atoms with E-state index in [-0.39, 0.29) is 4.90 Å². The van der Waals surface area contributed by atoms with Crippen LogP contribution in [0.5, 0.6) is 5.75 Å². The van der Waals surface area contributed by atoms with Gasteiger partial charge in [-0.3, -0.25) is 0 Å². The summed E-state index contributed by atoms with van der Waals surface area (Å²) < 4.78 is 37.7. The molecule has 0 aromatic heterocycles. The number of rotatable bonds is 8. The third kappa shape index (κ3) is 4.18. The van der Waals surface area contributed by atoms with Gasteiger partial charge in [0, 0.05) is 24.7 Å². The second-order valence-electron chi connectivity index (χ2n) is 4.19. The molecule has 0 saturated carbocycles. The zero-order valence-corrected chi connectivity index (χ0v) is 14.3. The lowest BCUT2D eigenvalue weighted by Crippen LogP contribution is -2.34. The van der Waals surface area contributed by atoms with E-state index in [9.17, 15) is 8.42 Å². The smallest absolute Gasteiger partial charge is 0.246 e. The Labute approximate surface area is 129 Å². The lowest BCUT2D eigenvalue weighted by Gasteiger charge is -2.22. The molecule has 0 aliphatic heterocycles.